The average molecular weight is 354 g/mol. The Morgan fingerprint density at radius 2 is 1.83 bits per heavy atom. The number of halogens is 2. The Balaban J connectivity index is 2.04. The van der Waals surface area contributed by atoms with Crippen LogP contribution in [0.15, 0.2) is 48.5 Å². The second-order valence-corrected chi connectivity index (χ2v) is 5.49. The maximum Gasteiger partial charge on any atom is 0.408 e. The van der Waals surface area contributed by atoms with Crippen LogP contribution in [0.4, 0.5) is 4.79 Å². The second-order valence-electron chi connectivity index (χ2n) is 4.64. The third kappa shape index (κ3) is 4.87. The van der Waals surface area contributed by atoms with Crippen LogP contribution in [0.1, 0.15) is 17.2 Å². The van der Waals surface area contributed by atoms with Gasteiger partial charge >= 0.3 is 12.1 Å². The Morgan fingerprint density at radius 3 is 2.43 bits per heavy atom. The molecule has 0 saturated heterocycles. The molecule has 2 N–H and O–H groups in total. The fraction of sp³-hybridized carbons (Fsp3) is 0.125. The number of hydrogen-bond donors (Lipinski definition) is 2. The van der Waals surface area contributed by atoms with Gasteiger partial charge in [0.05, 0.1) is 0 Å². The van der Waals surface area contributed by atoms with E-state index in [0.29, 0.717) is 5.02 Å². The van der Waals surface area contributed by atoms with E-state index in [4.69, 9.17) is 27.9 Å². The number of carboxylic acids is 1. The van der Waals surface area contributed by atoms with Crippen LogP contribution in [0.3, 0.4) is 0 Å². The van der Waals surface area contributed by atoms with Crippen molar-refractivity contribution in [1.29, 1.82) is 0 Å². The van der Waals surface area contributed by atoms with Gasteiger partial charge < -0.3 is 15.2 Å². The van der Waals surface area contributed by atoms with E-state index in [1.807, 2.05) is 18.2 Å². The molecule has 0 saturated carbocycles. The minimum absolute atomic E-state index is 0.0351. The molecule has 2 aromatic rings. The molecule has 5 nitrogen and oxygen atoms in total. The highest BCUT2D eigenvalue weighted by Gasteiger charge is 2.25. The van der Waals surface area contributed by atoms with Gasteiger partial charge in [-0.3, -0.25) is 0 Å². The van der Waals surface area contributed by atoms with Gasteiger partial charge in [-0.15, -0.1) is 0 Å². The summed E-state index contributed by atoms with van der Waals surface area (Å²) in [4.78, 5) is 23.2. The van der Waals surface area contributed by atoms with Crippen molar-refractivity contribution < 1.29 is 19.4 Å². The first-order chi connectivity index (χ1) is 11.0. The Hall–Kier alpha value is -2.24. The Kier molecular flexibility index (Phi) is 5.84. The predicted molar refractivity (Wildman–Crippen MR) is 86.6 cm³/mol. The van der Waals surface area contributed by atoms with Crippen LogP contribution in [-0.4, -0.2) is 17.2 Å². The lowest BCUT2D eigenvalue weighted by Crippen LogP contribution is -2.34. The standard InChI is InChI=1S/C16H13Cl2NO4/c17-11-6-7-12(13(18)8-11)14(15(20)21)19-16(22)23-9-10-4-2-1-3-5-10/h1-8,14H,9H2,(H,19,22)(H,20,21). The highest BCUT2D eigenvalue weighted by Crippen LogP contribution is 2.26. The Labute approximate surface area is 142 Å². The van der Waals surface area contributed by atoms with E-state index in [9.17, 15) is 14.7 Å². The molecule has 0 bridgehead atoms. The normalized spacial score (nSPS) is 11.6. The zero-order chi connectivity index (χ0) is 16.8. The summed E-state index contributed by atoms with van der Waals surface area (Å²) in [6.07, 6.45) is -0.854. The summed E-state index contributed by atoms with van der Waals surface area (Å²) in [7, 11) is 0. The van der Waals surface area contributed by atoms with Crippen LogP contribution in [0, 0.1) is 0 Å². The van der Waals surface area contributed by atoms with E-state index >= 15 is 0 Å². The highest BCUT2D eigenvalue weighted by atomic mass is 35.5. The molecule has 1 unspecified atom stereocenters. The summed E-state index contributed by atoms with van der Waals surface area (Å²) in [6.45, 7) is 0.0351. The molecule has 23 heavy (non-hydrogen) atoms. The van der Waals surface area contributed by atoms with Crippen molar-refractivity contribution in [3.05, 3.63) is 69.7 Å². The van der Waals surface area contributed by atoms with Gasteiger partial charge in [0.15, 0.2) is 6.04 Å². The van der Waals surface area contributed by atoms with Crippen LogP contribution in [-0.2, 0) is 16.1 Å². The lowest BCUT2D eigenvalue weighted by atomic mass is 10.1. The number of ether oxygens (including phenoxy) is 1. The van der Waals surface area contributed by atoms with Crippen LogP contribution >= 0.6 is 23.2 Å². The minimum Gasteiger partial charge on any atom is -0.479 e. The topological polar surface area (TPSA) is 75.6 Å². The monoisotopic (exact) mass is 353 g/mol. The van der Waals surface area contributed by atoms with Crippen LogP contribution in [0.25, 0.3) is 0 Å². The number of carbonyl (C=O) groups is 2. The molecule has 0 fully saturated rings. The number of amides is 1. The summed E-state index contributed by atoms with van der Waals surface area (Å²) < 4.78 is 5.01. The van der Waals surface area contributed by atoms with Crippen molar-refractivity contribution in [1.82, 2.24) is 5.32 Å². The van der Waals surface area contributed by atoms with Crippen molar-refractivity contribution in [3.63, 3.8) is 0 Å². The largest absolute Gasteiger partial charge is 0.479 e. The fourth-order valence-electron chi connectivity index (χ4n) is 1.89. The number of carbonyl (C=O) groups excluding carboxylic acids is 1. The third-order valence-corrected chi connectivity index (χ3v) is 3.56. The number of alkyl carbamates (subject to hydrolysis) is 1. The third-order valence-electron chi connectivity index (χ3n) is 3.00. The lowest BCUT2D eigenvalue weighted by molar-refractivity contribution is -0.139. The van der Waals surface area contributed by atoms with Crippen LogP contribution in [0.5, 0.6) is 0 Å². The van der Waals surface area contributed by atoms with Gasteiger partial charge in [0.2, 0.25) is 0 Å². The molecule has 0 aromatic heterocycles. The number of aliphatic carboxylic acids is 1. The first-order valence-electron chi connectivity index (χ1n) is 6.62. The van der Waals surface area contributed by atoms with E-state index in [1.165, 1.54) is 18.2 Å². The minimum atomic E-state index is -1.33. The first-order valence-corrected chi connectivity index (χ1v) is 7.38. The molecule has 120 valence electrons. The van der Waals surface area contributed by atoms with E-state index in [-0.39, 0.29) is 17.2 Å². The molecule has 0 radical (unpaired) electrons. The van der Waals surface area contributed by atoms with E-state index in [2.05, 4.69) is 5.32 Å². The molecule has 0 heterocycles. The van der Waals surface area contributed by atoms with Gasteiger partial charge in [-0.05, 0) is 17.7 Å². The SMILES string of the molecule is O=C(NC(C(=O)O)c1ccc(Cl)cc1Cl)OCc1ccccc1. The molecule has 7 heteroatoms. The van der Waals surface area contributed by atoms with Crippen molar-refractivity contribution >= 4 is 35.3 Å². The zero-order valence-electron chi connectivity index (χ0n) is 11.8. The Morgan fingerprint density at radius 1 is 1.13 bits per heavy atom. The molecule has 1 atom stereocenters. The maximum absolute atomic E-state index is 11.8. The van der Waals surface area contributed by atoms with Crippen molar-refractivity contribution in [2.75, 3.05) is 0 Å². The lowest BCUT2D eigenvalue weighted by Gasteiger charge is -2.16. The Bertz CT molecular complexity index is 706. The van der Waals surface area contributed by atoms with Crippen LogP contribution < -0.4 is 5.32 Å². The summed E-state index contributed by atoms with van der Waals surface area (Å²) in [5, 5.41) is 12.1. The summed E-state index contributed by atoms with van der Waals surface area (Å²) >= 11 is 11.8. The highest BCUT2D eigenvalue weighted by molar-refractivity contribution is 6.35. The quantitative estimate of drug-likeness (QED) is 0.850. The average Bonchev–Trinajstić information content (AvgIpc) is 2.52. The summed E-state index contributed by atoms with van der Waals surface area (Å²) in [6, 6.07) is 12.1. The molecule has 0 aliphatic carbocycles. The van der Waals surface area contributed by atoms with Gasteiger partial charge in [-0.2, -0.15) is 0 Å². The van der Waals surface area contributed by atoms with Crippen LogP contribution in [0.2, 0.25) is 10.0 Å². The number of rotatable bonds is 5. The van der Waals surface area contributed by atoms with E-state index in [0.717, 1.165) is 5.56 Å². The van der Waals surface area contributed by atoms with Gasteiger partial charge in [0.25, 0.3) is 0 Å². The van der Waals surface area contributed by atoms with E-state index in [1.54, 1.807) is 12.1 Å². The number of hydrogen-bond acceptors (Lipinski definition) is 3. The molecule has 2 aromatic carbocycles. The molecule has 2 rings (SSSR count). The van der Waals surface area contributed by atoms with Crippen molar-refractivity contribution in [2.24, 2.45) is 0 Å². The summed E-state index contributed by atoms with van der Waals surface area (Å²) in [5.41, 5.74) is 1.01. The van der Waals surface area contributed by atoms with E-state index < -0.39 is 18.1 Å². The number of carboxylic acid groups (broad SMARTS) is 1. The predicted octanol–water partition coefficient (Wildman–Crippen LogP) is 4.05. The van der Waals surface area contributed by atoms with Gasteiger partial charge in [-0.1, -0.05) is 59.6 Å². The molecular formula is C16H13Cl2NO4. The maximum atomic E-state index is 11.8. The fourth-order valence-corrected chi connectivity index (χ4v) is 2.41. The summed E-state index contributed by atoms with van der Waals surface area (Å²) in [5.74, 6) is -1.26. The zero-order valence-corrected chi connectivity index (χ0v) is 13.3. The van der Waals surface area contributed by atoms with Gasteiger partial charge in [0.1, 0.15) is 6.61 Å². The number of benzene rings is 2. The molecule has 0 spiro atoms. The van der Waals surface area contributed by atoms with Crippen molar-refractivity contribution in [3.8, 4) is 0 Å². The first kappa shape index (κ1) is 17.1. The molecular weight excluding hydrogens is 341 g/mol. The molecule has 1 amide bonds. The van der Waals surface area contributed by atoms with Crippen molar-refractivity contribution in [2.45, 2.75) is 12.6 Å². The van der Waals surface area contributed by atoms with Gasteiger partial charge in [-0.25, -0.2) is 9.59 Å². The number of nitrogens with one attached hydrogen (secondary N) is 1. The van der Waals surface area contributed by atoms with Gasteiger partial charge in [0, 0.05) is 15.6 Å². The second kappa shape index (κ2) is 7.85. The molecule has 0 aliphatic heterocycles. The molecule has 0 aliphatic rings. The smallest absolute Gasteiger partial charge is 0.408 e.